The molecule has 1 aliphatic rings. The van der Waals surface area contributed by atoms with Gasteiger partial charge < -0.3 is 57.2 Å². The van der Waals surface area contributed by atoms with Crippen molar-refractivity contribution in [2.24, 2.45) is 5.73 Å². The van der Waals surface area contributed by atoms with Gasteiger partial charge in [-0.05, 0) is 78.4 Å². The number of nitrogens with two attached hydrogens (primary N) is 1. The lowest BCUT2D eigenvalue weighted by Gasteiger charge is -2.25. The Balaban J connectivity index is 1.38. The van der Waals surface area contributed by atoms with Crippen LogP contribution in [0.3, 0.4) is 0 Å². The van der Waals surface area contributed by atoms with Crippen molar-refractivity contribution in [3.63, 3.8) is 0 Å². The molecule has 0 bridgehead atoms. The van der Waals surface area contributed by atoms with Gasteiger partial charge in [-0.1, -0.05) is 18.2 Å². The van der Waals surface area contributed by atoms with Gasteiger partial charge in [0.1, 0.15) is 12.1 Å². The lowest BCUT2D eigenvalue weighted by Crippen LogP contribution is -2.54. The molecule has 3 aromatic rings. The molecule has 0 saturated carbocycles. The average molecular weight is 664 g/mol. The molecular formula is C33H37N5O10. The Morgan fingerprint density at radius 3 is 1.98 bits per heavy atom. The Hall–Kier alpha value is -5.96. The maximum Gasteiger partial charge on any atom is 0.246 e. The van der Waals surface area contributed by atoms with Crippen molar-refractivity contribution >= 4 is 29.7 Å². The number of nitrogens with one attached hydrogen (secondary N) is 3. The molecule has 1 saturated heterocycles. The van der Waals surface area contributed by atoms with Crippen LogP contribution in [-0.2, 0) is 32.0 Å². The van der Waals surface area contributed by atoms with Crippen LogP contribution in [0.25, 0.3) is 6.08 Å². The van der Waals surface area contributed by atoms with Crippen molar-refractivity contribution in [1.29, 1.82) is 0 Å². The summed E-state index contributed by atoms with van der Waals surface area (Å²) in [5.74, 6) is -4.64. The van der Waals surface area contributed by atoms with Crippen LogP contribution in [-0.4, -0.2) is 90.4 Å². The highest BCUT2D eigenvalue weighted by Crippen LogP contribution is 2.27. The molecule has 4 amide bonds. The molecule has 3 unspecified atom stereocenters. The number of nitrogens with zero attached hydrogens (tertiary/aromatic N) is 1. The second-order valence-electron chi connectivity index (χ2n) is 11.3. The predicted octanol–water partition coefficient (Wildman–Crippen LogP) is 0.412. The molecule has 48 heavy (non-hydrogen) atoms. The van der Waals surface area contributed by atoms with Crippen LogP contribution in [0, 0.1) is 0 Å². The molecule has 1 heterocycles. The van der Waals surface area contributed by atoms with E-state index < -0.39 is 59.8 Å². The molecule has 3 atom stereocenters. The number of benzene rings is 3. The number of hydrogen-bond donors (Lipinski definition) is 10. The fourth-order valence-electron chi connectivity index (χ4n) is 5.15. The van der Waals surface area contributed by atoms with Crippen LogP contribution in [0.4, 0.5) is 0 Å². The first kappa shape index (κ1) is 34.9. The minimum absolute atomic E-state index is 0.0441. The lowest BCUT2D eigenvalue weighted by molar-refractivity contribution is -0.138. The number of hydrogen-bond acceptors (Lipinski definition) is 11. The maximum absolute atomic E-state index is 13.3. The molecule has 3 aromatic carbocycles. The zero-order chi connectivity index (χ0) is 35.0. The fourth-order valence-corrected chi connectivity index (χ4v) is 5.15. The van der Waals surface area contributed by atoms with Gasteiger partial charge in [0.2, 0.25) is 23.6 Å². The first-order valence-electron chi connectivity index (χ1n) is 15.0. The molecule has 254 valence electrons. The third kappa shape index (κ3) is 9.07. The van der Waals surface area contributed by atoms with Gasteiger partial charge in [0.15, 0.2) is 34.5 Å². The van der Waals surface area contributed by atoms with Gasteiger partial charge in [-0.15, -0.1) is 0 Å². The Kier molecular flexibility index (Phi) is 11.3. The topological polar surface area (TPSA) is 255 Å². The number of likely N-dealkylation sites (tertiary alicyclic amines) is 1. The van der Waals surface area contributed by atoms with Crippen LogP contribution >= 0.6 is 0 Å². The van der Waals surface area contributed by atoms with E-state index in [9.17, 15) is 49.8 Å². The summed E-state index contributed by atoms with van der Waals surface area (Å²) in [4.78, 5) is 53.7. The molecule has 15 heteroatoms. The first-order valence-corrected chi connectivity index (χ1v) is 15.0. The minimum Gasteiger partial charge on any atom is -0.504 e. The van der Waals surface area contributed by atoms with Crippen molar-refractivity contribution in [3.8, 4) is 34.5 Å². The van der Waals surface area contributed by atoms with Gasteiger partial charge in [0.05, 0.1) is 12.6 Å². The van der Waals surface area contributed by atoms with Crippen LogP contribution in [0.15, 0.2) is 60.8 Å². The highest BCUT2D eigenvalue weighted by molar-refractivity contribution is 5.94. The molecular weight excluding hydrogens is 626 g/mol. The van der Waals surface area contributed by atoms with Crippen LogP contribution in [0.1, 0.15) is 29.5 Å². The number of rotatable bonds is 12. The highest BCUT2D eigenvalue weighted by Gasteiger charge is 2.34. The van der Waals surface area contributed by atoms with Gasteiger partial charge in [-0.2, -0.15) is 0 Å². The molecule has 15 nitrogen and oxygen atoms in total. The largest absolute Gasteiger partial charge is 0.504 e. The van der Waals surface area contributed by atoms with Gasteiger partial charge >= 0.3 is 0 Å². The van der Waals surface area contributed by atoms with Gasteiger partial charge in [-0.25, -0.2) is 0 Å². The second kappa shape index (κ2) is 15.6. The van der Waals surface area contributed by atoms with Crippen molar-refractivity contribution in [2.45, 2.75) is 43.8 Å². The second-order valence-corrected chi connectivity index (χ2v) is 11.3. The Bertz CT molecular complexity index is 1710. The number of phenols is 6. The number of phenolic OH excluding ortho intramolecular Hbond substituents is 6. The Morgan fingerprint density at radius 1 is 0.792 bits per heavy atom. The third-order valence-corrected chi connectivity index (χ3v) is 7.74. The SMILES string of the molecule is NC(Cc1ccc(O)c(O)c1)C(=O)NC(Cc1ccc(O)c(O)c1)C(=O)NCC(=O)N1CCCC1C(=O)NC=Cc1ccc(O)c(O)c1. The van der Waals surface area contributed by atoms with E-state index in [1.807, 2.05) is 0 Å². The minimum atomic E-state index is -1.27. The summed E-state index contributed by atoms with van der Waals surface area (Å²) in [5.41, 5.74) is 7.40. The summed E-state index contributed by atoms with van der Waals surface area (Å²) in [6.45, 7) is -0.214. The van der Waals surface area contributed by atoms with E-state index in [0.29, 0.717) is 29.5 Å². The Morgan fingerprint density at radius 2 is 1.38 bits per heavy atom. The first-order chi connectivity index (χ1) is 22.8. The van der Waals surface area contributed by atoms with Crippen molar-refractivity contribution < 1.29 is 49.8 Å². The monoisotopic (exact) mass is 663 g/mol. The highest BCUT2D eigenvalue weighted by atomic mass is 16.3. The zero-order valence-corrected chi connectivity index (χ0v) is 25.7. The molecule has 0 spiro atoms. The summed E-state index contributed by atoms with van der Waals surface area (Å²) < 4.78 is 0. The molecule has 1 fully saturated rings. The smallest absolute Gasteiger partial charge is 0.246 e. The maximum atomic E-state index is 13.3. The molecule has 0 radical (unpaired) electrons. The Labute approximate surface area is 274 Å². The molecule has 11 N–H and O–H groups in total. The van der Waals surface area contributed by atoms with E-state index in [1.165, 1.54) is 71.8 Å². The number of aromatic hydroxyl groups is 6. The van der Waals surface area contributed by atoms with Crippen molar-refractivity contribution in [3.05, 3.63) is 77.5 Å². The van der Waals surface area contributed by atoms with E-state index >= 15 is 0 Å². The van der Waals surface area contributed by atoms with E-state index in [4.69, 9.17) is 5.73 Å². The standard InChI is InChI=1S/C33H37N5O10/c34-21(12-19-4-7-25(40)28(43)15-19)31(46)37-22(13-20-5-8-26(41)29(44)16-20)32(47)36-17-30(45)38-11-1-2-23(38)33(48)35-10-9-18-3-6-24(39)27(42)14-18/h3-10,14-16,21-23,39-44H,1-2,11-13,17,34H2,(H,35,48)(H,36,47)(H,37,46). The van der Waals surface area contributed by atoms with E-state index in [-0.39, 0.29) is 42.4 Å². The zero-order valence-electron chi connectivity index (χ0n) is 25.7. The number of carbonyl (C=O) groups excluding carboxylic acids is 4. The van der Waals surface area contributed by atoms with Crippen LogP contribution in [0.5, 0.6) is 34.5 Å². The summed E-state index contributed by atoms with van der Waals surface area (Å²) in [5, 5.41) is 65.6. The van der Waals surface area contributed by atoms with E-state index in [1.54, 1.807) is 0 Å². The summed E-state index contributed by atoms with van der Waals surface area (Å²) in [7, 11) is 0. The third-order valence-electron chi connectivity index (χ3n) is 7.74. The average Bonchev–Trinajstić information content (AvgIpc) is 3.55. The number of carbonyl (C=O) groups is 4. The molecule has 4 rings (SSSR count). The summed E-state index contributed by atoms with van der Waals surface area (Å²) in [6, 6.07) is 8.74. The molecule has 0 aliphatic carbocycles. The van der Waals surface area contributed by atoms with Gasteiger partial charge in [-0.3, -0.25) is 19.2 Å². The van der Waals surface area contributed by atoms with Gasteiger partial charge in [0, 0.05) is 19.2 Å². The summed E-state index contributed by atoms with van der Waals surface area (Å²) in [6.07, 6.45) is 3.59. The van der Waals surface area contributed by atoms with E-state index in [0.717, 1.165) is 0 Å². The molecule has 1 aliphatic heterocycles. The van der Waals surface area contributed by atoms with Crippen molar-refractivity contribution in [1.82, 2.24) is 20.9 Å². The lowest BCUT2D eigenvalue weighted by atomic mass is 10.0. The molecule has 0 aromatic heterocycles. The normalized spacial score (nSPS) is 15.5. The van der Waals surface area contributed by atoms with Gasteiger partial charge in [0.25, 0.3) is 0 Å². The summed E-state index contributed by atoms with van der Waals surface area (Å²) >= 11 is 0. The predicted molar refractivity (Wildman–Crippen MR) is 172 cm³/mol. The quantitative estimate of drug-likeness (QED) is 0.119. The van der Waals surface area contributed by atoms with E-state index in [2.05, 4.69) is 16.0 Å². The van der Waals surface area contributed by atoms with Crippen LogP contribution < -0.4 is 21.7 Å². The number of amides is 4. The van der Waals surface area contributed by atoms with Crippen LogP contribution in [0.2, 0.25) is 0 Å². The fraction of sp³-hybridized carbons (Fsp3) is 0.273. The van der Waals surface area contributed by atoms with Crippen molar-refractivity contribution in [2.75, 3.05) is 13.1 Å².